The summed E-state index contributed by atoms with van der Waals surface area (Å²) in [6.45, 7) is 6.39. The second-order valence-corrected chi connectivity index (χ2v) is 4.51. The lowest BCUT2D eigenvalue weighted by Gasteiger charge is -2.26. The van der Waals surface area contributed by atoms with Gasteiger partial charge in [-0.2, -0.15) is 0 Å². The van der Waals surface area contributed by atoms with Gasteiger partial charge in [0.2, 0.25) is 0 Å². The second-order valence-electron chi connectivity index (χ2n) is 4.51. The molecule has 19 heavy (non-hydrogen) atoms. The van der Waals surface area contributed by atoms with Crippen LogP contribution in [0, 0.1) is 23.0 Å². The lowest BCUT2D eigenvalue weighted by molar-refractivity contribution is -0.384. The van der Waals surface area contributed by atoms with Gasteiger partial charge in [0.25, 0.3) is 5.69 Å². The molecule has 0 saturated heterocycles. The van der Waals surface area contributed by atoms with E-state index in [0.29, 0.717) is 13.1 Å². The third-order valence-corrected chi connectivity index (χ3v) is 3.03. The lowest BCUT2D eigenvalue weighted by Crippen LogP contribution is -2.32. The minimum absolute atomic E-state index is 0.0450. The number of hydrogen-bond acceptors (Lipinski definition) is 4. The van der Waals surface area contributed by atoms with E-state index in [1.807, 2.05) is 11.8 Å². The van der Waals surface area contributed by atoms with E-state index in [2.05, 4.69) is 0 Å². The van der Waals surface area contributed by atoms with Gasteiger partial charge in [0.15, 0.2) is 0 Å². The van der Waals surface area contributed by atoms with E-state index < -0.39 is 16.8 Å². The number of carboxylic acid groups (broad SMARTS) is 1. The summed E-state index contributed by atoms with van der Waals surface area (Å²) in [4.78, 5) is 23.1. The highest BCUT2D eigenvalue weighted by Gasteiger charge is 2.18. The Bertz CT molecular complexity index is 488. The number of nitro groups is 1. The summed E-state index contributed by atoms with van der Waals surface area (Å²) in [5.41, 5.74) is 1.65. The minimum Gasteiger partial charge on any atom is -0.481 e. The minimum atomic E-state index is -0.849. The first-order chi connectivity index (χ1) is 8.86. The van der Waals surface area contributed by atoms with Crippen LogP contribution < -0.4 is 4.90 Å². The first-order valence-electron chi connectivity index (χ1n) is 6.09. The Morgan fingerprint density at radius 3 is 2.58 bits per heavy atom. The van der Waals surface area contributed by atoms with Crippen LogP contribution in [0.5, 0.6) is 0 Å². The molecule has 0 radical (unpaired) electrons. The Kier molecular flexibility index (Phi) is 4.86. The van der Waals surface area contributed by atoms with Crippen molar-refractivity contribution < 1.29 is 14.8 Å². The van der Waals surface area contributed by atoms with Crippen molar-refractivity contribution in [3.8, 4) is 0 Å². The molecule has 1 N–H and O–H groups in total. The number of anilines is 1. The average molecular weight is 266 g/mol. The smallest absolute Gasteiger partial charge is 0.308 e. The van der Waals surface area contributed by atoms with E-state index in [9.17, 15) is 14.9 Å². The van der Waals surface area contributed by atoms with Crippen LogP contribution in [0.2, 0.25) is 0 Å². The van der Waals surface area contributed by atoms with Gasteiger partial charge in [-0.05, 0) is 25.5 Å². The number of aliphatic carboxylic acids is 1. The van der Waals surface area contributed by atoms with Crippen LogP contribution in [0.4, 0.5) is 11.4 Å². The third kappa shape index (κ3) is 3.67. The maximum atomic E-state index is 10.9. The molecule has 0 aromatic heterocycles. The second kappa shape index (κ2) is 6.17. The fourth-order valence-electron chi connectivity index (χ4n) is 1.91. The average Bonchev–Trinajstić information content (AvgIpc) is 2.35. The van der Waals surface area contributed by atoms with Gasteiger partial charge in [0.05, 0.1) is 10.8 Å². The molecule has 1 rings (SSSR count). The number of carbonyl (C=O) groups is 1. The molecule has 0 spiro atoms. The summed E-state index contributed by atoms with van der Waals surface area (Å²) in [5.74, 6) is -1.34. The predicted octanol–water partition coefficient (Wildman–Crippen LogP) is 2.45. The zero-order valence-electron chi connectivity index (χ0n) is 11.3. The van der Waals surface area contributed by atoms with Gasteiger partial charge in [-0.1, -0.05) is 6.92 Å². The summed E-state index contributed by atoms with van der Waals surface area (Å²) in [7, 11) is 0. The maximum absolute atomic E-state index is 10.9. The molecule has 0 amide bonds. The van der Waals surface area contributed by atoms with Crippen LogP contribution in [0.1, 0.15) is 19.4 Å². The van der Waals surface area contributed by atoms with Crippen molar-refractivity contribution in [2.45, 2.75) is 20.8 Å². The van der Waals surface area contributed by atoms with E-state index in [4.69, 9.17) is 5.11 Å². The molecule has 1 atom stereocenters. The van der Waals surface area contributed by atoms with Crippen molar-refractivity contribution in [3.63, 3.8) is 0 Å². The standard InChI is InChI=1S/C13H18N2O4/c1-4-14(8-10(3)13(16)17)12-6-5-11(15(18)19)7-9(12)2/h5-7,10H,4,8H2,1-3H3,(H,16,17). The molecular weight excluding hydrogens is 248 g/mol. The predicted molar refractivity (Wildman–Crippen MR) is 72.5 cm³/mol. The normalized spacial score (nSPS) is 11.9. The molecule has 6 heteroatoms. The number of nitrogens with zero attached hydrogens (tertiary/aromatic N) is 2. The highest BCUT2D eigenvalue weighted by atomic mass is 16.6. The highest BCUT2D eigenvalue weighted by molar-refractivity contribution is 5.70. The maximum Gasteiger partial charge on any atom is 0.308 e. The molecule has 0 heterocycles. The van der Waals surface area contributed by atoms with Crippen LogP contribution >= 0.6 is 0 Å². The van der Waals surface area contributed by atoms with Crippen LogP contribution in [-0.4, -0.2) is 29.1 Å². The number of non-ortho nitro benzene ring substituents is 1. The van der Waals surface area contributed by atoms with Crippen LogP contribution in [0.3, 0.4) is 0 Å². The fourth-order valence-corrected chi connectivity index (χ4v) is 1.91. The molecule has 6 nitrogen and oxygen atoms in total. The summed E-state index contributed by atoms with van der Waals surface area (Å²) >= 11 is 0. The molecule has 1 aromatic rings. The molecule has 0 aliphatic heterocycles. The fraction of sp³-hybridized carbons (Fsp3) is 0.462. The Hall–Kier alpha value is -2.11. The number of benzene rings is 1. The number of nitro benzene ring substituents is 1. The lowest BCUT2D eigenvalue weighted by atomic mass is 10.1. The molecular formula is C13H18N2O4. The molecule has 1 aromatic carbocycles. The van der Waals surface area contributed by atoms with E-state index in [0.717, 1.165) is 11.3 Å². The van der Waals surface area contributed by atoms with E-state index in [-0.39, 0.29) is 5.69 Å². The van der Waals surface area contributed by atoms with Crippen molar-refractivity contribution in [1.82, 2.24) is 0 Å². The number of aryl methyl sites for hydroxylation is 1. The monoisotopic (exact) mass is 266 g/mol. The topological polar surface area (TPSA) is 83.7 Å². The van der Waals surface area contributed by atoms with Gasteiger partial charge < -0.3 is 10.0 Å². The van der Waals surface area contributed by atoms with E-state index >= 15 is 0 Å². The number of hydrogen-bond donors (Lipinski definition) is 1. The molecule has 0 aliphatic rings. The Labute approximate surface area is 111 Å². The first-order valence-corrected chi connectivity index (χ1v) is 6.09. The SMILES string of the molecule is CCN(CC(C)C(=O)O)c1ccc([N+](=O)[O-])cc1C. The highest BCUT2D eigenvalue weighted by Crippen LogP contribution is 2.25. The third-order valence-electron chi connectivity index (χ3n) is 3.03. The molecule has 0 fully saturated rings. The van der Waals surface area contributed by atoms with Crippen molar-refractivity contribution in [2.24, 2.45) is 5.92 Å². The summed E-state index contributed by atoms with van der Waals surface area (Å²) in [5, 5.41) is 19.6. The van der Waals surface area contributed by atoms with Gasteiger partial charge in [-0.25, -0.2) is 0 Å². The van der Waals surface area contributed by atoms with Crippen LogP contribution in [0.25, 0.3) is 0 Å². The summed E-state index contributed by atoms with van der Waals surface area (Å²) < 4.78 is 0. The van der Waals surface area contributed by atoms with E-state index in [1.165, 1.54) is 12.1 Å². The molecule has 0 aliphatic carbocycles. The summed E-state index contributed by atoms with van der Waals surface area (Å²) in [6, 6.07) is 4.62. The van der Waals surface area contributed by atoms with Crippen molar-refractivity contribution in [2.75, 3.05) is 18.0 Å². The summed E-state index contributed by atoms with van der Waals surface area (Å²) in [6.07, 6.45) is 0. The molecule has 0 bridgehead atoms. The van der Waals surface area contributed by atoms with Crippen molar-refractivity contribution in [3.05, 3.63) is 33.9 Å². The largest absolute Gasteiger partial charge is 0.481 e. The first kappa shape index (κ1) is 14.9. The van der Waals surface area contributed by atoms with Gasteiger partial charge in [-0.3, -0.25) is 14.9 Å². The van der Waals surface area contributed by atoms with Gasteiger partial charge in [-0.15, -0.1) is 0 Å². The zero-order chi connectivity index (χ0) is 14.6. The van der Waals surface area contributed by atoms with Crippen molar-refractivity contribution in [1.29, 1.82) is 0 Å². The Morgan fingerprint density at radius 2 is 2.16 bits per heavy atom. The van der Waals surface area contributed by atoms with Crippen molar-refractivity contribution >= 4 is 17.3 Å². The Balaban J connectivity index is 2.99. The van der Waals surface area contributed by atoms with Gasteiger partial charge in [0.1, 0.15) is 0 Å². The van der Waals surface area contributed by atoms with Crippen LogP contribution in [0.15, 0.2) is 18.2 Å². The quantitative estimate of drug-likeness (QED) is 0.631. The van der Waals surface area contributed by atoms with E-state index in [1.54, 1.807) is 19.9 Å². The molecule has 1 unspecified atom stereocenters. The van der Waals surface area contributed by atoms with Gasteiger partial charge in [0, 0.05) is 30.9 Å². The number of carboxylic acids is 1. The zero-order valence-corrected chi connectivity index (χ0v) is 11.3. The number of rotatable bonds is 6. The molecule has 104 valence electrons. The van der Waals surface area contributed by atoms with Crippen LogP contribution in [-0.2, 0) is 4.79 Å². The molecule has 0 saturated carbocycles. The Morgan fingerprint density at radius 1 is 1.53 bits per heavy atom. The van der Waals surface area contributed by atoms with Gasteiger partial charge >= 0.3 is 5.97 Å².